The molecule has 2 nitrogen and oxygen atoms in total. The fourth-order valence-corrected chi connectivity index (χ4v) is 10.3. The number of pyridine rings is 1. The second kappa shape index (κ2) is 12.7. The van der Waals surface area contributed by atoms with Crippen molar-refractivity contribution in [3.63, 3.8) is 0 Å². The van der Waals surface area contributed by atoms with Gasteiger partial charge >= 0.3 is 0 Å². The van der Waals surface area contributed by atoms with Crippen molar-refractivity contribution in [3.05, 3.63) is 241 Å². The fraction of sp³-hybridized carbons (Fsp3) is 0.0179. The lowest BCUT2D eigenvalue weighted by Gasteiger charge is -2.45. The molecule has 1 aromatic heterocycles. The Balaban J connectivity index is 1.09. The normalized spacial score (nSPS) is 13.3. The van der Waals surface area contributed by atoms with Gasteiger partial charge in [-0.1, -0.05) is 182 Å². The zero-order valence-corrected chi connectivity index (χ0v) is 31.7. The highest BCUT2D eigenvalue weighted by Gasteiger charge is 2.52. The van der Waals surface area contributed by atoms with Gasteiger partial charge in [0.25, 0.3) is 0 Å². The topological polar surface area (TPSA) is 16.1 Å². The van der Waals surface area contributed by atoms with Crippen molar-refractivity contribution in [3.8, 4) is 44.6 Å². The van der Waals surface area contributed by atoms with Crippen molar-refractivity contribution in [2.75, 3.05) is 4.90 Å². The highest BCUT2D eigenvalue weighted by atomic mass is 15.2. The van der Waals surface area contributed by atoms with Gasteiger partial charge in [0.05, 0.1) is 22.5 Å². The van der Waals surface area contributed by atoms with E-state index in [0.717, 1.165) is 22.5 Å². The molecule has 0 unspecified atom stereocenters. The second-order valence-corrected chi connectivity index (χ2v) is 15.4. The molecule has 2 aliphatic rings. The van der Waals surface area contributed by atoms with Crippen LogP contribution in [0.2, 0.25) is 0 Å². The van der Waals surface area contributed by atoms with Crippen LogP contribution in [0.3, 0.4) is 0 Å². The van der Waals surface area contributed by atoms with Gasteiger partial charge < -0.3 is 4.90 Å². The number of hydrogen-bond acceptors (Lipinski definition) is 2. The lowest BCUT2D eigenvalue weighted by molar-refractivity contribution is 0.754. The molecule has 0 bridgehead atoms. The molecule has 12 rings (SSSR count). The maximum Gasteiger partial charge on any atom is 0.0760 e. The molecule has 0 atom stereocenters. The number of aromatic nitrogens is 1. The van der Waals surface area contributed by atoms with Gasteiger partial charge in [-0.05, 0) is 102 Å². The molecule has 0 radical (unpaired) electrons. The first-order chi connectivity index (χ1) is 28.8. The molecule has 1 aliphatic carbocycles. The zero-order valence-electron chi connectivity index (χ0n) is 31.7. The lowest BCUT2D eigenvalue weighted by atomic mass is 9.63. The van der Waals surface area contributed by atoms with E-state index in [2.05, 4.69) is 223 Å². The monoisotopic (exact) mass is 736 g/mol. The van der Waals surface area contributed by atoms with Crippen LogP contribution in [0.4, 0.5) is 17.1 Å². The van der Waals surface area contributed by atoms with Crippen LogP contribution in [0.5, 0.6) is 0 Å². The van der Waals surface area contributed by atoms with Crippen LogP contribution in [-0.4, -0.2) is 4.98 Å². The van der Waals surface area contributed by atoms with Gasteiger partial charge in [0.1, 0.15) is 0 Å². The average Bonchev–Trinajstić information content (AvgIpc) is 3.60. The van der Waals surface area contributed by atoms with Gasteiger partial charge in [0, 0.05) is 23.0 Å². The molecule has 1 aliphatic heterocycles. The number of benzene rings is 9. The van der Waals surface area contributed by atoms with Crippen molar-refractivity contribution >= 4 is 38.6 Å². The Kier molecular flexibility index (Phi) is 7.18. The minimum Gasteiger partial charge on any atom is -0.310 e. The van der Waals surface area contributed by atoms with Crippen LogP contribution in [0.1, 0.15) is 22.3 Å². The molecule has 0 N–H and O–H groups in total. The molecule has 9 aromatic carbocycles. The summed E-state index contributed by atoms with van der Waals surface area (Å²) < 4.78 is 0. The van der Waals surface area contributed by atoms with Crippen LogP contribution >= 0.6 is 0 Å². The van der Waals surface area contributed by atoms with Gasteiger partial charge in [-0.2, -0.15) is 0 Å². The van der Waals surface area contributed by atoms with E-state index in [4.69, 9.17) is 4.98 Å². The molecule has 58 heavy (non-hydrogen) atoms. The summed E-state index contributed by atoms with van der Waals surface area (Å²) in [5, 5.41) is 4.86. The van der Waals surface area contributed by atoms with E-state index in [1.807, 2.05) is 0 Å². The Hall–Kier alpha value is -7.55. The summed E-state index contributed by atoms with van der Waals surface area (Å²) >= 11 is 0. The summed E-state index contributed by atoms with van der Waals surface area (Å²) in [5.74, 6) is 0. The standard InChI is InChI=1S/C56H36N2/c1-3-18-37(19-4-1)53-42-23-7-9-25-44(42)54(45-26-10-8-24-43(45)53)50-35-34-38(36-57-50)40-27-17-28-46-41-22-11-12-29-47(41)56(55(40)46)48-30-13-15-32-51(48)58(39-20-5-2-6-21-39)52-33-16-14-31-49(52)56/h1-36H. The summed E-state index contributed by atoms with van der Waals surface area (Å²) in [4.78, 5) is 7.81. The van der Waals surface area contributed by atoms with E-state index in [1.54, 1.807) is 0 Å². The summed E-state index contributed by atoms with van der Waals surface area (Å²) in [7, 11) is 0. The number of anilines is 3. The summed E-state index contributed by atoms with van der Waals surface area (Å²) in [6, 6.07) is 77.6. The molecule has 2 heterocycles. The van der Waals surface area contributed by atoms with E-state index >= 15 is 0 Å². The van der Waals surface area contributed by atoms with Crippen LogP contribution in [0.15, 0.2) is 219 Å². The molecular weight excluding hydrogens is 701 g/mol. The van der Waals surface area contributed by atoms with Crippen LogP contribution in [0.25, 0.3) is 66.2 Å². The molecule has 2 heteroatoms. The zero-order chi connectivity index (χ0) is 38.2. The minimum atomic E-state index is -0.556. The van der Waals surface area contributed by atoms with Gasteiger partial charge in [-0.3, -0.25) is 4.98 Å². The van der Waals surface area contributed by atoms with Crippen LogP contribution in [-0.2, 0) is 5.41 Å². The number of hydrogen-bond donors (Lipinski definition) is 0. The van der Waals surface area contributed by atoms with Crippen LogP contribution < -0.4 is 4.90 Å². The predicted molar refractivity (Wildman–Crippen MR) is 241 cm³/mol. The minimum absolute atomic E-state index is 0.556. The molecule has 0 amide bonds. The van der Waals surface area contributed by atoms with Gasteiger partial charge in [0.15, 0.2) is 0 Å². The first-order valence-corrected chi connectivity index (χ1v) is 20.1. The molecule has 0 fully saturated rings. The summed E-state index contributed by atoms with van der Waals surface area (Å²) in [6.07, 6.45) is 2.10. The third kappa shape index (κ3) is 4.51. The third-order valence-electron chi connectivity index (χ3n) is 12.5. The quantitative estimate of drug-likeness (QED) is 0.167. The van der Waals surface area contributed by atoms with Crippen molar-refractivity contribution in [1.82, 2.24) is 4.98 Å². The highest BCUT2D eigenvalue weighted by molar-refractivity contribution is 6.21. The summed E-state index contributed by atoms with van der Waals surface area (Å²) in [6.45, 7) is 0. The molecule has 270 valence electrons. The van der Waals surface area contributed by atoms with Gasteiger partial charge in [-0.25, -0.2) is 0 Å². The molecule has 0 saturated carbocycles. The SMILES string of the molecule is c1ccc(-c2c3ccccc3c(-c3ccc(-c4cccc5c4C4(c6ccccc6-5)c5ccccc5N(c5ccccc5)c5ccccc54)cn3)c3ccccc23)cc1. The Labute approximate surface area is 338 Å². The number of nitrogens with zero attached hydrogens (tertiary/aromatic N) is 2. The third-order valence-corrected chi connectivity index (χ3v) is 12.5. The van der Waals surface area contributed by atoms with Crippen molar-refractivity contribution in [2.45, 2.75) is 5.41 Å². The summed E-state index contributed by atoms with van der Waals surface area (Å²) in [5.41, 5.74) is 17.6. The Morgan fingerprint density at radius 1 is 0.345 bits per heavy atom. The number of rotatable bonds is 4. The average molecular weight is 737 g/mol. The van der Waals surface area contributed by atoms with E-state index in [-0.39, 0.29) is 0 Å². The smallest absolute Gasteiger partial charge is 0.0760 e. The van der Waals surface area contributed by atoms with E-state index in [1.165, 1.54) is 83.0 Å². The largest absolute Gasteiger partial charge is 0.310 e. The highest BCUT2D eigenvalue weighted by Crippen LogP contribution is 2.65. The maximum atomic E-state index is 5.37. The number of para-hydroxylation sites is 3. The lowest BCUT2D eigenvalue weighted by Crippen LogP contribution is -2.36. The first-order valence-electron chi connectivity index (χ1n) is 20.1. The molecule has 0 saturated heterocycles. The van der Waals surface area contributed by atoms with Gasteiger partial charge in [0.2, 0.25) is 0 Å². The van der Waals surface area contributed by atoms with Crippen LogP contribution in [0, 0.1) is 0 Å². The molecule has 1 spiro atoms. The Morgan fingerprint density at radius 2 is 0.845 bits per heavy atom. The predicted octanol–water partition coefficient (Wildman–Crippen LogP) is 14.5. The van der Waals surface area contributed by atoms with Crippen molar-refractivity contribution in [1.29, 1.82) is 0 Å². The number of fused-ring (bicyclic) bond motifs is 11. The van der Waals surface area contributed by atoms with E-state index in [0.29, 0.717) is 0 Å². The molecule has 10 aromatic rings. The van der Waals surface area contributed by atoms with E-state index < -0.39 is 5.41 Å². The molecular formula is C56H36N2. The maximum absolute atomic E-state index is 5.37. The van der Waals surface area contributed by atoms with Crippen molar-refractivity contribution in [2.24, 2.45) is 0 Å². The fourth-order valence-electron chi connectivity index (χ4n) is 10.3. The Morgan fingerprint density at radius 3 is 1.47 bits per heavy atom. The van der Waals surface area contributed by atoms with Gasteiger partial charge in [-0.15, -0.1) is 0 Å². The Bertz CT molecular complexity index is 3120. The van der Waals surface area contributed by atoms with Crippen molar-refractivity contribution < 1.29 is 0 Å². The first kappa shape index (κ1) is 32.7. The van der Waals surface area contributed by atoms with E-state index in [9.17, 15) is 0 Å². The second-order valence-electron chi connectivity index (χ2n) is 15.4.